The highest BCUT2D eigenvalue weighted by molar-refractivity contribution is 5.69. The van der Waals surface area contributed by atoms with Crippen LogP contribution in [0.3, 0.4) is 0 Å². The highest BCUT2D eigenvalue weighted by Gasteiger charge is 2.62. The third-order valence-corrected chi connectivity index (χ3v) is 10.5. The number of fused-ring (bicyclic) bond motifs is 5. The maximum atomic E-state index is 11.4. The minimum absolute atomic E-state index is 0.113. The van der Waals surface area contributed by atoms with Gasteiger partial charge in [0.15, 0.2) is 0 Å². The number of carboxylic acid groups (broad SMARTS) is 1. The number of aliphatic carboxylic acids is 1. The lowest BCUT2D eigenvalue weighted by Crippen LogP contribution is -2.57. The van der Waals surface area contributed by atoms with Gasteiger partial charge in [-0.3, -0.25) is 4.79 Å². The molecule has 0 aromatic carbocycles. The smallest absolute Gasteiger partial charge is 0.306 e. The average Bonchev–Trinajstić information content (AvgIpc) is 2.99. The van der Waals surface area contributed by atoms with Gasteiger partial charge in [-0.25, -0.2) is 0 Å². The Labute approximate surface area is 171 Å². The lowest BCUT2D eigenvalue weighted by atomic mass is 9.44. The van der Waals surface area contributed by atoms with E-state index in [1.54, 1.807) is 0 Å². The molecule has 0 spiro atoms. The van der Waals surface area contributed by atoms with E-state index in [2.05, 4.69) is 20.8 Å². The average molecular weight is 391 g/mol. The lowest BCUT2D eigenvalue weighted by molar-refractivity contribution is -0.165. The first kappa shape index (κ1) is 20.7. The Balaban J connectivity index is 1.56. The second-order valence-corrected chi connectivity index (χ2v) is 11.7. The maximum absolute atomic E-state index is 11.4. The van der Waals surface area contributed by atoms with Gasteiger partial charge in [-0.1, -0.05) is 40.5 Å². The quantitative estimate of drug-likeness (QED) is 0.642. The summed E-state index contributed by atoms with van der Waals surface area (Å²) in [7, 11) is 0. The van der Waals surface area contributed by atoms with E-state index in [1.807, 2.05) is 6.92 Å². The van der Waals surface area contributed by atoms with Crippen LogP contribution in [-0.4, -0.2) is 22.3 Å². The van der Waals surface area contributed by atoms with Crippen LogP contribution in [0, 0.1) is 52.3 Å². The number of carboxylic acids is 1. The van der Waals surface area contributed by atoms with Gasteiger partial charge < -0.3 is 10.2 Å². The number of aliphatic hydroxyl groups excluding tert-OH is 1. The van der Waals surface area contributed by atoms with E-state index in [4.69, 9.17) is 0 Å². The number of rotatable bonds is 4. The van der Waals surface area contributed by atoms with Gasteiger partial charge in [-0.15, -0.1) is 0 Å². The van der Waals surface area contributed by atoms with Gasteiger partial charge in [0.1, 0.15) is 0 Å². The van der Waals surface area contributed by atoms with Crippen molar-refractivity contribution in [1.82, 2.24) is 0 Å². The van der Waals surface area contributed by atoms with Crippen LogP contribution in [0.2, 0.25) is 0 Å². The third-order valence-electron chi connectivity index (χ3n) is 10.5. The van der Waals surface area contributed by atoms with E-state index in [0.717, 1.165) is 18.8 Å². The molecule has 28 heavy (non-hydrogen) atoms. The summed E-state index contributed by atoms with van der Waals surface area (Å²) in [4.78, 5) is 11.4. The van der Waals surface area contributed by atoms with Crippen molar-refractivity contribution >= 4 is 5.97 Å². The Bertz CT molecular complexity index is 603. The molecule has 4 saturated carbocycles. The molecule has 3 heteroatoms. The van der Waals surface area contributed by atoms with Crippen molar-refractivity contribution in [2.24, 2.45) is 52.3 Å². The molecule has 0 heterocycles. The van der Waals surface area contributed by atoms with E-state index in [9.17, 15) is 15.0 Å². The Morgan fingerprint density at radius 3 is 2.43 bits per heavy atom. The van der Waals surface area contributed by atoms with Crippen molar-refractivity contribution in [3.05, 3.63) is 0 Å². The summed E-state index contributed by atoms with van der Waals surface area (Å²) in [6, 6.07) is 0. The van der Waals surface area contributed by atoms with Crippen LogP contribution in [-0.2, 0) is 4.79 Å². The minimum Gasteiger partial charge on any atom is -0.481 e. The van der Waals surface area contributed by atoms with Crippen LogP contribution in [0.4, 0.5) is 0 Å². The summed E-state index contributed by atoms with van der Waals surface area (Å²) in [5, 5.41) is 20.6. The fraction of sp³-hybridized carbons (Fsp3) is 0.960. The summed E-state index contributed by atoms with van der Waals surface area (Å²) in [5.74, 6) is 2.70. The Hall–Kier alpha value is -0.570. The molecule has 4 aliphatic carbocycles. The van der Waals surface area contributed by atoms with Crippen molar-refractivity contribution in [1.29, 1.82) is 0 Å². The molecule has 0 aliphatic heterocycles. The van der Waals surface area contributed by atoms with E-state index in [-0.39, 0.29) is 17.4 Å². The number of aliphatic hydroxyl groups is 1. The minimum atomic E-state index is -0.658. The van der Waals surface area contributed by atoms with Gasteiger partial charge in [0, 0.05) is 0 Å². The molecule has 4 rings (SSSR count). The second-order valence-electron chi connectivity index (χ2n) is 11.7. The first-order valence-electron chi connectivity index (χ1n) is 12.1. The van der Waals surface area contributed by atoms with Crippen LogP contribution in [0.5, 0.6) is 0 Å². The largest absolute Gasteiger partial charge is 0.481 e. The molecule has 4 aliphatic rings. The van der Waals surface area contributed by atoms with E-state index in [0.29, 0.717) is 35.0 Å². The summed E-state index contributed by atoms with van der Waals surface area (Å²) in [5.41, 5.74) is 0.739. The van der Waals surface area contributed by atoms with Crippen LogP contribution >= 0.6 is 0 Å². The molecule has 0 amide bonds. The molecule has 10 atom stereocenters. The maximum Gasteiger partial charge on any atom is 0.306 e. The van der Waals surface area contributed by atoms with Gasteiger partial charge in [0.2, 0.25) is 0 Å². The summed E-state index contributed by atoms with van der Waals surface area (Å²) < 4.78 is 0. The predicted octanol–water partition coefficient (Wildman–Crippen LogP) is 5.75. The van der Waals surface area contributed by atoms with Crippen molar-refractivity contribution in [3.63, 3.8) is 0 Å². The monoisotopic (exact) mass is 390 g/mol. The molecular formula is C25H42O3. The lowest BCUT2D eigenvalue weighted by Gasteiger charge is -2.62. The highest BCUT2D eigenvalue weighted by Crippen LogP contribution is 2.68. The topological polar surface area (TPSA) is 57.5 Å². The molecule has 0 radical (unpaired) electrons. The molecule has 160 valence electrons. The predicted molar refractivity (Wildman–Crippen MR) is 112 cm³/mol. The Morgan fingerprint density at radius 1 is 1.00 bits per heavy atom. The molecule has 0 saturated heterocycles. The van der Waals surface area contributed by atoms with Crippen molar-refractivity contribution < 1.29 is 15.0 Å². The second kappa shape index (κ2) is 7.29. The number of carbonyl (C=O) groups is 1. The first-order chi connectivity index (χ1) is 13.2. The van der Waals surface area contributed by atoms with Gasteiger partial charge >= 0.3 is 5.97 Å². The van der Waals surface area contributed by atoms with Crippen molar-refractivity contribution in [2.45, 2.75) is 98.0 Å². The van der Waals surface area contributed by atoms with E-state index in [1.165, 1.54) is 51.4 Å². The van der Waals surface area contributed by atoms with Crippen LogP contribution in [0.25, 0.3) is 0 Å². The first-order valence-corrected chi connectivity index (χ1v) is 12.1. The molecule has 5 unspecified atom stereocenters. The number of hydrogen-bond acceptors (Lipinski definition) is 2. The van der Waals surface area contributed by atoms with Crippen LogP contribution in [0.1, 0.15) is 91.9 Å². The molecule has 0 bridgehead atoms. The van der Waals surface area contributed by atoms with Crippen LogP contribution in [0.15, 0.2) is 0 Å². The third kappa shape index (κ3) is 3.06. The normalized spacial score (nSPS) is 50.2. The molecule has 4 fully saturated rings. The number of hydrogen-bond donors (Lipinski definition) is 2. The zero-order valence-corrected chi connectivity index (χ0v) is 18.5. The Kier molecular flexibility index (Phi) is 5.39. The molecule has 0 aromatic heterocycles. The molecule has 2 N–H and O–H groups in total. The summed E-state index contributed by atoms with van der Waals surface area (Å²) in [6.45, 7) is 9.21. The summed E-state index contributed by atoms with van der Waals surface area (Å²) in [6.07, 6.45) is 12.2. The van der Waals surface area contributed by atoms with Crippen molar-refractivity contribution in [3.8, 4) is 0 Å². The highest BCUT2D eigenvalue weighted by atomic mass is 16.4. The van der Waals surface area contributed by atoms with Gasteiger partial charge in [-0.05, 0) is 97.7 Å². The van der Waals surface area contributed by atoms with E-state index < -0.39 is 5.97 Å². The fourth-order valence-corrected chi connectivity index (χ4v) is 9.05. The molecule has 0 aromatic rings. The van der Waals surface area contributed by atoms with Crippen molar-refractivity contribution in [2.75, 3.05) is 0 Å². The van der Waals surface area contributed by atoms with Gasteiger partial charge in [0.25, 0.3) is 0 Å². The van der Waals surface area contributed by atoms with E-state index >= 15 is 0 Å². The SMILES string of the molecule is C[C@H](C[C@H](C)C(=O)O)C1CCC2C3C(CC[C@@]21C)[C@@]1(C)CCCCC1C[C@H]3O. The van der Waals surface area contributed by atoms with Gasteiger partial charge in [0.05, 0.1) is 12.0 Å². The summed E-state index contributed by atoms with van der Waals surface area (Å²) >= 11 is 0. The standard InChI is InChI=1S/C25H42O3/c1-15(13-16(2)23(27)28)18-8-9-19-22-20(10-12-25(18,19)4)24(3)11-6-5-7-17(24)14-21(22)26/h15-22,26H,5-14H2,1-4H3,(H,27,28)/t15-,16+,17?,18?,19?,20?,21-,22?,24+,25-/m1/s1. The fourth-order valence-electron chi connectivity index (χ4n) is 9.05. The molecular weight excluding hydrogens is 348 g/mol. The van der Waals surface area contributed by atoms with Gasteiger partial charge in [-0.2, -0.15) is 0 Å². The Morgan fingerprint density at radius 2 is 1.71 bits per heavy atom. The zero-order valence-electron chi connectivity index (χ0n) is 18.5. The van der Waals surface area contributed by atoms with Crippen LogP contribution < -0.4 is 0 Å². The molecule has 3 nitrogen and oxygen atoms in total. The zero-order chi connectivity index (χ0) is 20.3.